The molecule has 14 nitrogen and oxygen atoms in total. The Bertz CT molecular complexity index is 829. The first kappa shape index (κ1) is 86.0. The number of sulfone groups is 1. The Morgan fingerprint density at radius 3 is 0.681 bits per heavy atom. The van der Waals surface area contributed by atoms with Gasteiger partial charge in [0.1, 0.15) is 34.5 Å². The van der Waals surface area contributed by atoms with Gasteiger partial charge in [-0.25, -0.2) is 8.42 Å². The molecular weight excluding hydrogens is 897 g/mol. The maximum atomic E-state index is 12.0. The van der Waals surface area contributed by atoms with E-state index in [-0.39, 0.29) is 59.3 Å². The van der Waals surface area contributed by atoms with Crippen LogP contribution in [-0.4, -0.2) is 95.7 Å². The van der Waals surface area contributed by atoms with Crippen LogP contribution in [-0.2, 0) is 66.3 Å². The van der Waals surface area contributed by atoms with Crippen molar-refractivity contribution >= 4 is 171 Å². The first-order chi connectivity index (χ1) is 19.5. The van der Waals surface area contributed by atoms with E-state index >= 15 is 0 Å². The summed E-state index contributed by atoms with van der Waals surface area (Å²) in [5.41, 5.74) is 0. The molecule has 2 saturated heterocycles. The normalized spacial score (nSPS) is 9.87. The summed E-state index contributed by atoms with van der Waals surface area (Å²) < 4.78 is 23.9. The molecule has 2 fully saturated rings. The van der Waals surface area contributed by atoms with Crippen LogP contribution in [0.25, 0.3) is 43.3 Å². The van der Waals surface area contributed by atoms with Gasteiger partial charge in [-0.15, -0.1) is 0 Å². The molecule has 12 N–H and O–H groups in total. The molecule has 0 aromatic heterocycles. The van der Waals surface area contributed by atoms with Gasteiger partial charge < -0.3 is 67.9 Å². The zero-order valence-corrected chi connectivity index (χ0v) is 36.5. The number of rotatable bonds is 6. The SMILES string of the molecule is N.N.N.N.O=S(=O)(CC[S+]1CCCC1)CC[S+]1CCCC1.[Cr+3].[Cr+3].[N-]=C=S.[N-]=C=S.[N-]=C=S.[N-]=C=S.[N-]=C=S.[N-]=C=S.[N-]=C=S.[N-]=C=S. The minimum Gasteiger partial charge on any atom is -0.753 e. The van der Waals surface area contributed by atoms with Crippen molar-refractivity contribution < 1.29 is 43.1 Å². The Balaban J connectivity index is -0.0000000298. The maximum Gasteiger partial charge on any atom is 3.00 e. The van der Waals surface area contributed by atoms with Gasteiger partial charge in [-0.05, 0) is 47.5 Å². The molecule has 0 aliphatic carbocycles. The molecule has 0 atom stereocenters. The van der Waals surface area contributed by atoms with E-state index in [1.165, 1.54) is 90.0 Å². The number of isothiocyanates is 8. The molecular formula is C20H36Cr2N12O2S11. The average Bonchev–Trinajstić information content (AvgIpc) is 3.61. The molecule has 0 unspecified atom stereocenters. The third kappa shape index (κ3) is 132. The van der Waals surface area contributed by atoms with Crippen molar-refractivity contribution in [3.8, 4) is 0 Å². The summed E-state index contributed by atoms with van der Waals surface area (Å²) in [5.74, 6) is 8.01. The van der Waals surface area contributed by atoms with E-state index in [4.69, 9.17) is 43.3 Å². The van der Waals surface area contributed by atoms with Gasteiger partial charge in [0.25, 0.3) is 0 Å². The van der Waals surface area contributed by atoms with Gasteiger partial charge in [0.15, 0.2) is 9.84 Å². The Hall–Kier alpha value is -0.0451. The van der Waals surface area contributed by atoms with Crippen molar-refractivity contribution in [1.82, 2.24) is 24.6 Å². The van der Waals surface area contributed by atoms with Crippen LogP contribution in [0.4, 0.5) is 0 Å². The Morgan fingerprint density at radius 1 is 0.426 bits per heavy atom. The van der Waals surface area contributed by atoms with E-state index in [0.29, 0.717) is 33.3 Å². The van der Waals surface area contributed by atoms with Gasteiger partial charge in [0.2, 0.25) is 0 Å². The molecule has 2 radical (unpaired) electrons. The Kier molecular flexibility index (Phi) is 166. The van der Waals surface area contributed by atoms with Crippen molar-refractivity contribution in [2.24, 2.45) is 0 Å². The smallest absolute Gasteiger partial charge is 0.753 e. The van der Waals surface area contributed by atoms with Crippen LogP contribution in [0.3, 0.4) is 0 Å². The van der Waals surface area contributed by atoms with Crippen molar-refractivity contribution in [1.29, 1.82) is 0 Å². The second-order valence-corrected chi connectivity index (χ2v) is 14.4. The fourth-order valence-corrected chi connectivity index (χ4v) is 10.2. The Morgan fingerprint density at radius 2 is 0.553 bits per heavy atom. The van der Waals surface area contributed by atoms with Crippen LogP contribution in [0, 0.1) is 0 Å². The summed E-state index contributed by atoms with van der Waals surface area (Å²) in [6, 6.07) is 0. The van der Waals surface area contributed by atoms with Crippen molar-refractivity contribution in [2.75, 3.05) is 46.0 Å². The number of nitrogens with zero attached hydrogens (tertiary/aromatic N) is 8. The summed E-state index contributed by atoms with van der Waals surface area (Å²) in [5, 5.41) is 67.7. The van der Waals surface area contributed by atoms with Crippen LogP contribution >= 0.6 is 97.7 Å². The van der Waals surface area contributed by atoms with Gasteiger partial charge in [-0.1, -0.05) is 97.7 Å². The second kappa shape index (κ2) is 91.0. The van der Waals surface area contributed by atoms with E-state index in [2.05, 4.69) is 97.7 Å². The van der Waals surface area contributed by atoms with Gasteiger partial charge in [0, 0.05) is 0 Å². The van der Waals surface area contributed by atoms with E-state index in [9.17, 15) is 8.42 Å². The van der Waals surface area contributed by atoms with Crippen LogP contribution in [0.1, 0.15) is 25.7 Å². The van der Waals surface area contributed by atoms with E-state index < -0.39 is 9.84 Å². The standard InChI is InChI=1S/C12H24O2S3.8CNS.2Cr.4H3N/c13-17(14,11-9-15-5-1-2-6-15)12-10-16-7-3-4-8-16;8*2-1-3;;;;;;/h1-12H2;;;;;;;;;;;4*1H3/q+2;8*-1;2*+3;;;;. The van der Waals surface area contributed by atoms with Crippen LogP contribution in [0.2, 0.25) is 0 Å². The van der Waals surface area contributed by atoms with Gasteiger partial charge in [-0.3, -0.25) is 0 Å². The number of thiocarbonyl (C=S) groups is 8. The summed E-state index contributed by atoms with van der Waals surface area (Å²) in [6.07, 6.45) is 5.30. The molecule has 0 spiro atoms. The maximum absolute atomic E-state index is 12.0. The third-order valence-electron chi connectivity index (χ3n) is 3.60. The van der Waals surface area contributed by atoms with E-state index in [1.54, 1.807) is 0 Å². The molecule has 2 aliphatic rings. The molecule has 0 bridgehead atoms. The molecule has 0 amide bonds. The fourth-order valence-electron chi connectivity index (χ4n) is 2.43. The fraction of sp³-hybridized carbons (Fsp3) is 0.600. The minimum atomic E-state index is -2.74. The summed E-state index contributed by atoms with van der Waals surface area (Å²) in [6.45, 7) is 0. The molecule has 0 saturated carbocycles. The van der Waals surface area contributed by atoms with Gasteiger partial charge >= 0.3 is 34.7 Å². The summed E-state index contributed by atoms with van der Waals surface area (Å²) in [7, 11) is -1.86. The molecule has 2 heterocycles. The molecule has 0 aromatic carbocycles. The second-order valence-electron chi connectivity index (χ2n) is 5.75. The molecule has 266 valence electrons. The largest absolute Gasteiger partial charge is 3.00 e. The average molecular weight is 933 g/mol. The zero-order chi connectivity index (χ0) is 33.8. The van der Waals surface area contributed by atoms with E-state index in [1.807, 2.05) is 0 Å². The first-order valence-corrected chi connectivity index (χ1v) is 18.6. The monoisotopic (exact) mass is 932 g/mol. The predicted octanol–water partition coefficient (Wildman–Crippen LogP) is 7.14. The van der Waals surface area contributed by atoms with Crippen molar-refractivity contribution in [3.63, 3.8) is 0 Å². The van der Waals surface area contributed by atoms with Crippen LogP contribution in [0.15, 0.2) is 0 Å². The van der Waals surface area contributed by atoms with Crippen LogP contribution in [0.5, 0.6) is 0 Å². The van der Waals surface area contributed by atoms with Crippen LogP contribution < -0.4 is 24.6 Å². The first-order valence-electron chi connectivity index (χ1n) is 10.1. The van der Waals surface area contributed by atoms with E-state index in [0.717, 1.165) is 11.5 Å². The van der Waals surface area contributed by atoms with Gasteiger partial charge in [-0.2, -0.15) is 41.3 Å². The summed E-state index contributed by atoms with van der Waals surface area (Å²) >= 11 is 29.6. The summed E-state index contributed by atoms with van der Waals surface area (Å²) in [4.78, 5) is 0. The zero-order valence-electron chi connectivity index (χ0n) is 25.0. The van der Waals surface area contributed by atoms with Gasteiger partial charge in [0.05, 0.1) is 11.5 Å². The molecule has 27 heteroatoms. The third-order valence-corrected chi connectivity index (χ3v) is 10.8. The van der Waals surface area contributed by atoms with Crippen molar-refractivity contribution in [2.45, 2.75) is 25.7 Å². The molecule has 2 aliphatic heterocycles. The molecule has 0 aromatic rings. The minimum absolute atomic E-state index is 0. The quantitative estimate of drug-likeness (QED) is 0.117. The number of hydrogen-bond donors (Lipinski definition) is 4. The topological polar surface area (TPSA) is 353 Å². The number of hydrogen-bond acceptors (Lipinski definition) is 14. The van der Waals surface area contributed by atoms with Crippen molar-refractivity contribution in [3.05, 3.63) is 43.3 Å². The predicted molar refractivity (Wildman–Crippen MR) is 229 cm³/mol. The molecule has 2 rings (SSSR count). The molecule has 47 heavy (non-hydrogen) atoms. The Labute approximate surface area is 349 Å².